The van der Waals surface area contributed by atoms with Gasteiger partial charge < -0.3 is 9.80 Å². The first-order valence-electron chi connectivity index (χ1n) is 8.28. The Labute approximate surface area is 133 Å². The number of likely N-dealkylation sites (N-methyl/N-ethyl adjacent to an activating group) is 1. The molecule has 2 aliphatic heterocycles. The van der Waals surface area contributed by atoms with E-state index in [-0.39, 0.29) is 0 Å². The lowest BCUT2D eigenvalue weighted by Gasteiger charge is -2.35. The van der Waals surface area contributed by atoms with E-state index in [9.17, 15) is 0 Å². The summed E-state index contributed by atoms with van der Waals surface area (Å²) in [5.74, 6) is 0. The first-order chi connectivity index (χ1) is 10.7. The summed E-state index contributed by atoms with van der Waals surface area (Å²) in [6.45, 7) is 6.20. The van der Waals surface area contributed by atoms with Gasteiger partial charge in [-0.15, -0.1) is 6.58 Å². The Kier molecular flexibility index (Phi) is 3.23. The Hall–Kier alpha value is -1.80. The van der Waals surface area contributed by atoms with Crippen molar-refractivity contribution in [2.24, 2.45) is 0 Å². The van der Waals surface area contributed by atoms with Gasteiger partial charge in [-0.25, -0.2) is 0 Å². The van der Waals surface area contributed by atoms with Crippen LogP contribution in [0, 0.1) is 0 Å². The van der Waals surface area contributed by atoms with Crippen molar-refractivity contribution in [3.63, 3.8) is 0 Å². The van der Waals surface area contributed by atoms with Gasteiger partial charge >= 0.3 is 0 Å². The van der Waals surface area contributed by atoms with Crippen molar-refractivity contribution in [3.8, 4) is 0 Å². The van der Waals surface area contributed by atoms with Crippen LogP contribution in [-0.4, -0.2) is 24.5 Å². The Balaban J connectivity index is 1.69. The molecule has 1 spiro atoms. The second kappa shape index (κ2) is 5.13. The molecule has 1 unspecified atom stereocenters. The predicted molar refractivity (Wildman–Crippen MR) is 93.0 cm³/mol. The number of hydrogen-bond acceptors (Lipinski definition) is 2. The topological polar surface area (TPSA) is 6.48 Å². The van der Waals surface area contributed by atoms with E-state index in [0.29, 0.717) is 11.5 Å². The first-order valence-corrected chi connectivity index (χ1v) is 8.28. The average Bonchev–Trinajstić information content (AvgIpc) is 3.27. The molecule has 0 amide bonds. The Morgan fingerprint density at radius 1 is 1.32 bits per heavy atom. The number of allylic oxidation sites excluding steroid dienone is 2. The summed E-state index contributed by atoms with van der Waals surface area (Å²) in [6.07, 6.45) is 14.4. The molecule has 1 aromatic carbocycles. The predicted octanol–water partition coefficient (Wildman–Crippen LogP) is 4.00. The van der Waals surface area contributed by atoms with Crippen LogP contribution in [0.1, 0.15) is 30.4 Å². The molecular weight excluding hydrogens is 268 g/mol. The molecule has 1 fully saturated rings. The van der Waals surface area contributed by atoms with Gasteiger partial charge in [0.25, 0.3) is 0 Å². The summed E-state index contributed by atoms with van der Waals surface area (Å²) >= 11 is 0. The standard InChI is InChI=1S/C20H24N2/c1-3-6-17-7-4-5-12-22(17)18-8-9-19-16(13-18)14-21(2)15-20(19)10-11-20/h3-5,7-9,12-13,17H,1,6,10-11,14-15H2,2H3. The molecule has 0 saturated heterocycles. The lowest BCUT2D eigenvalue weighted by Crippen LogP contribution is -2.35. The third kappa shape index (κ3) is 2.22. The molecule has 2 nitrogen and oxygen atoms in total. The van der Waals surface area contributed by atoms with Gasteiger partial charge in [-0.2, -0.15) is 0 Å². The highest BCUT2D eigenvalue weighted by atomic mass is 15.1. The van der Waals surface area contributed by atoms with E-state index < -0.39 is 0 Å². The quantitative estimate of drug-likeness (QED) is 0.777. The highest BCUT2D eigenvalue weighted by Gasteiger charge is 2.48. The first kappa shape index (κ1) is 13.8. The van der Waals surface area contributed by atoms with E-state index in [4.69, 9.17) is 0 Å². The Bertz CT molecular complexity index is 652. The van der Waals surface area contributed by atoms with Crippen LogP contribution in [-0.2, 0) is 12.0 Å². The van der Waals surface area contributed by atoms with Gasteiger partial charge in [-0.1, -0.05) is 24.3 Å². The monoisotopic (exact) mass is 292 g/mol. The lowest BCUT2D eigenvalue weighted by molar-refractivity contribution is 0.271. The maximum Gasteiger partial charge on any atom is 0.0553 e. The minimum absolute atomic E-state index is 0.386. The second-order valence-electron chi connectivity index (χ2n) is 7.02. The van der Waals surface area contributed by atoms with Crippen LogP contribution in [0.25, 0.3) is 0 Å². The van der Waals surface area contributed by atoms with E-state index >= 15 is 0 Å². The van der Waals surface area contributed by atoms with Crippen molar-refractivity contribution in [1.29, 1.82) is 0 Å². The third-order valence-electron chi connectivity index (χ3n) is 5.28. The lowest BCUT2D eigenvalue weighted by atomic mass is 9.86. The number of fused-ring (bicyclic) bond motifs is 2. The molecule has 22 heavy (non-hydrogen) atoms. The summed E-state index contributed by atoms with van der Waals surface area (Å²) in [7, 11) is 2.25. The van der Waals surface area contributed by atoms with Crippen molar-refractivity contribution < 1.29 is 0 Å². The van der Waals surface area contributed by atoms with Gasteiger partial charge in [0.2, 0.25) is 0 Å². The third-order valence-corrected chi connectivity index (χ3v) is 5.28. The minimum Gasteiger partial charge on any atom is -0.341 e. The fourth-order valence-corrected chi connectivity index (χ4v) is 4.09. The summed E-state index contributed by atoms with van der Waals surface area (Å²) in [6, 6.07) is 7.49. The molecule has 1 saturated carbocycles. The molecule has 0 aromatic heterocycles. The Morgan fingerprint density at radius 2 is 2.18 bits per heavy atom. The van der Waals surface area contributed by atoms with Crippen LogP contribution in [0.5, 0.6) is 0 Å². The molecule has 1 aliphatic carbocycles. The zero-order chi connectivity index (χ0) is 15.2. The molecule has 2 heterocycles. The van der Waals surface area contributed by atoms with E-state index in [1.807, 2.05) is 6.08 Å². The van der Waals surface area contributed by atoms with Crippen LogP contribution < -0.4 is 4.90 Å². The normalized spacial score (nSPS) is 25.3. The highest BCUT2D eigenvalue weighted by Crippen LogP contribution is 2.52. The van der Waals surface area contributed by atoms with E-state index in [2.05, 4.69) is 66.1 Å². The van der Waals surface area contributed by atoms with Crippen molar-refractivity contribution in [2.45, 2.75) is 37.3 Å². The second-order valence-corrected chi connectivity index (χ2v) is 7.02. The molecule has 0 N–H and O–H groups in total. The van der Waals surface area contributed by atoms with Crippen molar-refractivity contribution >= 4 is 5.69 Å². The molecule has 1 atom stereocenters. The number of nitrogens with zero attached hydrogens (tertiary/aromatic N) is 2. The summed E-state index contributed by atoms with van der Waals surface area (Å²) < 4.78 is 0. The van der Waals surface area contributed by atoms with Crippen molar-refractivity contribution in [3.05, 3.63) is 66.4 Å². The van der Waals surface area contributed by atoms with E-state index in [1.54, 1.807) is 5.56 Å². The zero-order valence-electron chi connectivity index (χ0n) is 13.3. The summed E-state index contributed by atoms with van der Waals surface area (Å²) in [5, 5.41) is 0. The number of rotatable bonds is 3. The maximum absolute atomic E-state index is 3.90. The molecule has 3 aliphatic rings. The fourth-order valence-electron chi connectivity index (χ4n) is 4.09. The highest BCUT2D eigenvalue weighted by molar-refractivity contribution is 5.58. The zero-order valence-corrected chi connectivity index (χ0v) is 13.3. The molecule has 4 rings (SSSR count). The van der Waals surface area contributed by atoms with Crippen LogP contribution in [0.15, 0.2) is 55.3 Å². The van der Waals surface area contributed by atoms with Crippen LogP contribution >= 0.6 is 0 Å². The molecule has 1 aromatic rings. The van der Waals surface area contributed by atoms with Gasteiger partial charge in [0, 0.05) is 30.4 Å². The van der Waals surface area contributed by atoms with Gasteiger partial charge in [0.1, 0.15) is 0 Å². The molecule has 114 valence electrons. The molecule has 0 radical (unpaired) electrons. The molecule has 2 heteroatoms. The van der Waals surface area contributed by atoms with Gasteiger partial charge in [0.15, 0.2) is 0 Å². The average molecular weight is 292 g/mol. The molecular formula is C20H24N2. The molecule has 0 bridgehead atoms. The van der Waals surface area contributed by atoms with Gasteiger partial charge in [-0.05, 0) is 55.6 Å². The summed E-state index contributed by atoms with van der Waals surface area (Å²) in [5.41, 5.74) is 4.89. The largest absolute Gasteiger partial charge is 0.341 e. The number of hydrogen-bond donors (Lipinski definition) is 0. The van der Waals surface area contributed by atoms with Gasteiger partial charge in [-0.3, -0.25) is 0 Å². The number of anilines is 1. The van der Waals surface area contributed by atoms with Crippen LogP contribution in [0.4, 0.5) is 5.69 Å². The van der Waals surface area contributed by atoms with E-state index in [1.165, 1.54) is 30.6 Å². The Morgan fingerprint density at radius 3 is 2.95 bits per heavy atom. The van der Waals surface area contributed by atoms with Crippen LogP contribution in [0.2, 0.25) is 0 Å². The van der Waals surface area contributed by atoms with Gasteiger partial charge in [0.05, 0.1) is 6.04 Å². The van der Waals surface area contributed by atoms with Crippen molar-refractivity contribution in [1.82, 2.24) is 4.90 Å². The smallest absolute Gasteiger partial charge is 0.0553 e. The van der Waals surface area contributed by atoms with Crippen molar-refractivity contribution in [2.75, 3.05) is 18.5 Å². The SMILES string of the molecule is C=CCC1C=CC=CN1c1ccc2c(c1)CN(C)CC21CC1. The van der Waals surface area contributed by atoms with E-state index in [0.717, 1.165) is 13.0 Å². The summed E-state index contributed by atoms with van der Waals surface area (Å²) in [4.78, 5) is 4.85. The fraction of sp³-hybridized carbons (Fsp3) is 0.400. The van der Waals surface area contributed by atoms with Crippen LogP contribution in [0.3, 0.4) is 0 Å². The maximum atomic E-state index is 3.90. The minimum atomic E-state index is 0.386. The number of benzene rings is 1.